The van der Waals surface area contributed by atoms with Crippen LogP contribution in [0.25, 0.3) is 0 Å². The minimum atomic E-state index is -1.15. The molecule has 0 saturated carbocycles. The second-order valence-electron chi connectivity index (χ2n) is 6.34. The van der Waals surface area contributed by atoms with E-state index in [1.807, 2.05) is 6.07 Å². The minimum Gasteiger partial charge on any atom is -0.535 e. The van der Waals surface area contributed by atoms with E-state index >= 15 is 0 Å². The second kappa shape index (κ2) is 7.75. The van der Waals surface area contributed by atoms with Gasteiger partial charge in [0.2, 0.25) is 0 Å². The number of fused-ring (bicyclic) bond motifs is 1. The van der Waals surface area contributed by atoms with Gasteiger partial charge in [-0.3, -0.25) is 9.59 Å². The van der Waals surface area contributed by atoms with E-state index in [0.29, 0.717) is 36.5 Å². The van der Waals surface area contributed by atoms with Crippen molar-refractivity contribution in [1.29, 1.82) is 0 Å². The normalized spacial score (nSPS) is 16.1. The van der Waals surface area contributed by atoms with Crippen LogP contribution < -0.4 is 10.4 Å². The molecule has 3 N–H and O–H groups in total. The van der Waals surface area contributed by atoms with Crippen LogP contribution in [0.2, 0.25) is 5.82 Å². The summed E-state index contributed by atoms with van der Waals surface area (Å²) in [4.78, 5) is 25.2. The first-order valence-corrected chi connectivity index (χ1v) is 8.44. The van der Waals surface area contributed by atoms with E-state index in [2.05, 4.69) is 15.4 Å². The number of benzene rings is 1. The molecule has 0 saturated heterocycles. The van der Waals surface area contributed by atoms with Crippen molar-refractivity contribution in [3.8, 4) is 5.75 Å². The molecule has 0 bridgehead atoms. The van der Waals surface area contributed by atoms with Gasteiger partial charge in [-0.2, -0.15) is 4.80 Å². The smallest absolute Gasteiger partial charge is 0.526 e. The number of rotatable bonds is 7. The Bertz CT molecular complexity index is 825. The summed E-state index contributed by atoms with van der Waals surface area (Å²) in [5.41, 5.74) is 6.68. The molecule has 1 atom stereocenters. The topological polar surface area (TPSA) is 133 Å². The first kappa shape index (κ1) is 18.2. The molecule has 2 aromatic rings. The fourth-order valence-electron chi connectivity index (χ4n) is 3.02. The van der Waals surface area contributed by atoms with Gasteiger partial charge in [0, 0.05) is 18.7 Å². The van der Waals surface area contributed by atoms with Crippen molar-refractivity contribution in [3.63, 3.8) is 0 Å². The fourth-order valence-corrected chi connectivity index (χ4v) is 3.02. The number of aromatic nitrogens is 4. The largest absolute Gasteiger partial charge is 0.535 e. The molecule has 1 aliphatic rings. The van der Waals surface area contributed by atoms with Crippen LogP contribution in [0.1, 0.15) is 35.1 Å². The van der Waals surface area contributed by atoms with Crippen LogP contribution in [0, 0.1) is 0 Å². The Labute approximate surface area is 150 Å². The third kappa shape index (κ3) is 3.97. The highest BCUT2D eigenvalue weighted by Gasteiger charge is 2.37. The van der Waals surface area contributed by atoms with Crippen LogP contribution in [0.3, 0.4) is 0 Å². The number of para-hydroxylation sites is 1. The van der Waals surface area contributed by atoms with Crippen molar-refractivity contribution in [2.45, 2.75) is 38.5 Å². The Morgan fingerprint density at radius 3 is 3.00 bits per heavy atom. The van der Waals surface area contributed by atoms with Gasteiger partial charge in [-0.15, -0.1) is 10.2 Å². The van der Waals surface area contributed by atoms with Gasteiger partial charge < -0.3 is 15.4 Å². The number of Topliss-reactive ketones (excluding diaryl/α,β-unsaturated/α-hetero) is 2. The monoisotopic (exact) mass is 357 g/mol. The summed E-state index contributed by atoms with van der Waals surface area (Å²) < 4.78 is 5.54. The van der Waals surface area contributed by atoms with E-state index in [4.69, 9.17) is 10.4 Å². The first-order valence-electron chi connectivity index (χ1n) is 8.44. The van der Waals surface area contributed by atoms with Gasteiger partial charge in [-0.25, -0.2) is 0 Å². The van der Waals surface area contributed by atoms with Crippen LogP contribution in [0.15, 0.2) is 18.2 Å². The molecule has 1 aliphatic heterocycles. The van der Waals surface area contributed by atoms with Crippen LogP contribution in [-0.4, -0.2) is 50.5 Å². The molecular weight excluding hydrogens is 337 g/mol. The number of tetrazole rings is 1. The number of hydrogen-bond donors (Lipinski definition) is 2. The number of ketones is 2. The highest BCUT2D eigenvalue weighted by atomic mass is 16.5. The molecule has 0 radical (unpaired) electrons. The highest BCUT2D eigenvalue weighted by Crippen LogP contribution is 2.36. The average Bonchev–Trinajstić information content (AvgIpc) is 3.02. The van der Waals surface area contributed by atoms with Gasteiger partial charge in [-0.05, 0) is 36.7 Å². The second-order valence-corrected chi connectivity index (χ2v) is 6.34. The SMILES string of the molecule is CC(=O)c1cccc2c1OB(O)[C@@H](CC(=O)Cn1nnc(CCN)n1)C2. The fraction of sp³-hybridized carbons (Fsp3) is 0.438. The number of carbonyl (C=O) groups excluding carboxylic acids is 2. The van der Waals surface area contributed by atoms with E-state index in [1.165, 1.54) is 11.7 Å². The standard InChI is InChI=1S/C16H20BN5O4/c1-10(23)14-4-2-3-11-7-12(17(25)26-16(11)14)8-13(24)9-22-20-15(5-6-18)19-21-22/h2-4,12,25H,5-9,18H2,1H3/t12-/m1/s1. The van der Waals surface area contributed by atoms with Gasteiger partial charge in [0.05, 0.1) is 5.56 Å². The third-order valence-electron chi connectivity index (χ3n) is 4.27. The van der Waals surface area contributed by atoms with Crippen molar-refractivity contribution < 1.29 is 19.3 Å². The quantitative estimate of drug-likeness (QED) is 0.515. The van der Waals surface area contributed by atoms with Gasteiger partial charge in [0.1, 0.15) is 12.3 Å². The number of carbonyl (C=O) groups is 2. The molecule has 10 heteroatoms. The summed E-state index contributed by atoms with van der Waals surface area (Å²) in [6.07, 6.45) is 1.06. The number of hydrogen-bond acceptors (Lipinski definition) is 8. The number of nitrogens with two attached hydrogens (primary N) is 1. The van der Waals surface area contributed by atoms with Crippen LogP contribution in [-0.2, 0) is 24.2 Å². The Kier molecular flexibility index (Phi) is 5.43. The van der Waals surface area contributed by atoms with Crippen molar-refractivity contribution >= 4 is 18.7 Å². The Morgan fingerprint density at radius 2 is 2.27 bits per heavy atom. The average molecular weight is 357 g/mol. The molecule has 1 aromatic heterocycles. The van der Waals surface area contributed by atoms with Crippen LogP contribution in [0.4, 0.5) is 0 Å². The van der Waals surface area contributed by atoms with E-state index < -0.39 is 12.9 Å². The maximum atomic E-state index is 12.3. The zero-order valence-electron chi connectivity index (χ0n) is 14.5. The molecular formula is C16H20BN5O4. The van der Waals surface area contributed by atoms with Crippen LogP contribution >= 0.6 is 0 Å². The van der Waals surface area contributed by atoms with Crippen molar-refractivity contribution in [2.24, 2.45) is 5.73 Å². The van der Waals surface area contributed by atoms with E-state index in [1.54, 1.807) is 12.1 Å². The maximum Gasteiger partial charge on any atom is 0.526 e. The summed E-state index contributed by atoms with van der Waals surface area (Å²) in [6.45, 7) is 1.83. The molecule has 9 nitrogen and oxygen atoms in total. The van der Waals surface area contributed by atoms with Gasteiger partial charge in [-0.1, -0.05) is 12.1 Å². The van der Waals surface area contributed by atoms with Crippen molar-refractivity contribution in [2.75, 3.05) is 6.54 Å². The predicted molar refractivity (Wildman–Crippen MR) is 92.7 cm³/mol. The molecule has 0 amide bonds. The Hall–Kier alpha value is -2.59. The Morgan fingerprint density at radius 1 is 1.46 bits per heavy atom. The molecule has 3 rings (SSSR count). The van der Waals surface area contributed by atoms with E-state index in [9.17, 15) is 14.6 Å². The van der Waals surface area contributed by atoms with Gasteiger partial charge in [0.15, 0.2) is 17.4 Å². The van der Waals surface area contributed by atoms with Gasteiger partial charge >= 0.3 is 7.12 Å². The molecule has 0 aliphatic carbocycles. The molecule has 26 heavy (non-hydrogen) atoms. The van der Waals surface area contributed by atoms with E-state index in [0.717, 1.165) is 5.56 Å². The summed E-state index contributed by atoms with van der Waals surface area (Å²) in [5.74, 6) is 0.228. The lowest BCUT2D eigenvalue weighted by molar-refractivity contribution is -0.120. The predicted octanol–water partition coefficient (Wildman–Crippen LogP) is -0.178. The maximum absolute atomic E-state index is 12.3. The highest BCUT2D eigenvalue weighted by molar-refractivity contribution is 6.47. The molecule has 0 spiro atoms. The minimum absolute atomic E-state index is 0.0267. The van der Waals surface area contributed by atoms with Crippen molar-refractivity contribution in [3.05, 3.63) is 35.2 Å². The summed E-state index contributed by atoms with van der Waals surface area (Å²) in [6, 6.07) is 5.27. The number of nitrogens with zero attached hydrogens (tertiary/aromatic N) is 4. The summed E-state index contributed by atoms with van der Waals surface area (Å²) >= 11 is 0. The summed E-state index contributed by atoms with van der Waals surface area (Å²) in [5, 5.41) is 22.0. The lowest BCUT2D eigenvalue weighted by atomic mass is 9.64. The third-order valence-corrected chi connectivity index (χ3v) is 4.27. The molecule has 2 heterocycles. The van der Waals surface area contributed by atoms with Gasteiger partial charge in [0.25, 0.3) is 0 Å². The lowest BCUT2D eigenvalue weighted by Crippen LogP contribution is -2.36. The zero-order valence-corrected chi connectivity index (χ0v) is 14.5. The molecule has 0 unspecified atom stereocenters. The lowest BCUT2D eigenvalue weighted by Gasteiger charge is -2.28. The summed E-state index contributed by atoms with van der Waals surface area (Å²) in [7, 11) is -1.15. The molecule has 1 aromatic carbocycles. The Balaban J connectivity index is 1.66. The van der Waals surface area contributed by atoms with E-state index in [-0.39, 0.29) is 24.5 Å². The molecule has 0 fully saturated rings. The van der Waals surface area contributed by atoms with Crippen LogP contribution in [0.5, 0.6) is 5.75 Å². The first-order chi connectivity index (χ1) is 12.5. The molecule has 136 valence electrons. The van der Waals surface area contributed by atoms with Crippen molar-refractivity contribution in [1.82, 2.24) is 20.2 Å². The zero-order chi connectivity index (χ0) is 18.7.